The van der Waals surface area contributed by atoms with E-state index in [4.69, 9.17) is 4.74 Å². The Hall–Kier alpha value is -1.66. The van der Waals surface area contributed by atoms with Crippen LogP contribution in [0.5, 0.6) is 0 Å². The van der Waals surface area contributed by atoms with Gasteiger partial charge in [-0.15, -0.1) is 0 Å². The molecular formula is C61H117NO5. The topological polar surface area (TPSA) is 95.9 Å². The van der Waals surface area contributed by atoms with Crippen LogP contribution in [-0.2, 0) is 14.3 Å². The second kappa shape index (κ2) is 56.9. The van der Waals surface area contributed by atoms with E-state index in [1.165, 1.54) is 257 Å². The zero-order valence-electron chi connectivity index (χ0n) is 45.1. The number of rotatable bonds is 56. The molecule has 0 aromatic rings. The van der Waals surface area contributed by atoms with Crippen molar-refractivity contribution in [3.63, 3.8) is 0 Å². The van der Waals surface area contributed by atoms with Gasteiger partial charge in [0.15, 0.2) is 0 Å². The van der Waals surface area contributed by atoms with Crippen LogP contribution in [0.1, 0.15) is 328 Å². The summed E-state index contributed by atoms with van der Waals surface area (Å²) in [5, 5.41) is 23.1. The van der Waals surface area contributed by atoms with Gasteiger partial charge in [0.1, 0.15) is 0 Å². The van der Waals surface area contributed by atoms with Crippen molar-refractivity contribution < 1.29 is 24.5 Å². The Labute approximate surface area is 418 Å². The average Bonchev–Trinajstić information content (AvgIpc) is 3.33. The smallest absolute Gasteiger partial charge is 0.305 e. The summed E-state index contributed by atoms with van der Waals surface area (Å²) in [5.41, 5.74) is 0. The maximum absolute atomic E-state index is 12.5. The molecule has 0 saturated carbocycles. The summed E-state index contributed by atoms with van der Waals surface area (Å²) in [6, 6.07) is -0.634. The summed E-state index contributed by atoms with van der Waals surface area (Å²) in [6.07, 6.45) is 69.2. The molecule has 0 aliphatic heterocycles. The lowest BCUT2D eigenvalue weighted by Crippen LogP contribution is -2.45. The van der Waals surface area contributed by atoms with Crippen LogP contribution >= 0.6 is 0 Å². The van der Waals surface area contributed by atoms with Gasteiger partial charge in [-0.3, -0.25) is 9.59 Å². The van der Waals surface area contributed by atoms with Crippen molar-refractivity contribution >= 4 is 11.9 Å². The summed E-state index contributed by atoms with van der Waals surface area (Å²) in [4.78, 5) is 24.5. The molecule has 0 spiro atoms. The van der Waals surface area contributed by atoms with E-state index in [2.05, 4.69) is 31.3 Å². The van der Waals surface area contributed by atoms with E-state index < -0.39 is 12.1 Å². The number of carbonyl (C=O) groups excluding carboxylic acids is 2. The zero-order chi connectivity index (χ0) is 48.6. The molecule has 0 bridgehead atoms. The summed E-state index contributed by atoms with van der Waals surface area (Å²) < 4.78 is 5.48. The Morgan fingerprint density at radius 1 is 0.403 bits per heavy atom. The molecule has 0 rings (SSSR count). The molecule has 6 heteroatoms. The predicted octanol–water partition coefficient (Wildman–Crippen LogP) is 18.6. The van der Waals surface area contributed by atoms with E-state index in [0.717, 1.165) is 44.9 Å². The van der Waals surface area contributed by atoms with Gasteiger partial charge in [0, 0.05) is 12.8 Å². The van der Waals surface area contributed by atoms with Gasteiger partial charge in [0.25, 0.3) is 0 Å². The first-order chi connectivity index (χ1) is 33.0. The number of allylic oxidation sites excluding steroid dienone is 3. The van der Waals surface area contributed by atoms with Crippen LogP contribution in [0.4, 0.5) is 0 Å². The van der Waals surface area contributed by atoms with E-state index >= 15 is 0 Å². The molecule has 2 unspecified atom stereocenters. The van der Waals surface area contributed by atoms with Crippen LogP contribution in [-0.4, -0.2) is 47.4 Å². The van der Waals surface area contributed by atoms with Crippen LogP contribution in [0, 0.1) is 0 Å². The molecule has 1 amide bonds. The lowest BCUT2D eigenvalue weighted by Gasteiger charge is -2.20. The number of aliphatic hydroxyl groups is 2. The number of amides is 1. The molecule has 0 radical (unpaired) electrons. The van der Waals surface area contributed by atoms with Crippen molar-refractivity contribution in [2.24, 2.45) is 0 Å². The third-order valence-corrected chi connectivity index (χ3v) is 14.0. The van der Waals surface area contributed by atoms with Gasteiger partial charge in [-0.05, 0) is 57.8 Å². The first-order valence-electron chi connectivity index (χ1n) is 30.1. The molecule has 0 aromatic heterocycles. The van der Waals surface area contributed by atoms with Crippen LogP contribution < -0.4 is 5.32 Å². The molecule has 396 valence electrons. The van der Waals surface area contributed by atoms with Crippen LogP contribution in [0.15, 0.2) is 24.3 Å². The summed E-state index contributed by atoms with van der Waals surface area (Å²) in [7, 11) is 0. The van der Waals surface area contributed by atoms with Crippen LogP contribution in [0.2, 0.25) is 0 Å². The monoisotopic (exact) mass is 944 g/mol. The Balaban J connectivity index is 3.45. The lowest BCUT2D eigenvalue weighted by atomic mass is 10.0. The van der Waals surface area contributed by atoms with Gasteiger partial charge in [0.2, 0.25) is 5.91 Å². The number of nitrogens with one attached hydrogen (secondary N) is 1. The Kier molecular flexibility index (Phi) is 55.5. The van der Waals surface area contributed by atoms with Crippen molar-refractivity contribution in [1.82, 2.24) is 5.32 Å². The number of unbranched alkanes of at least 4 members (excludes halogenated alkanes) is 43. The number of hydrogen-bond donors (Lipinski definition) is 3. The Morgan fingerprint density at radius 3 is 1.06 bits per heavy atom. The highest BCUT2D eigenvalue weighted by Crippen LogP contribution is 2.17. The van der Waals surface area contributed by atoms with Crippen molar-refractivity contribution in [2.75, 3.05) is 13.2 Å². The van der Waals surface area contributed by atoms with Crippen LogP contribution in [0.3, 0.4) is 0 Å². The normalized spacial score (nSPS) is 12.7. The SMILES string of the molecule is CCCCCCCCCCCCCCCC/C=C/C(O)C(CO)NC(=O)CCCCCCCCC/C=C\CCCCCCCCCCCOC(=O)CCCCCCCCCCCCCCCC. The minimum Gasteiger partial charge on any atom is -0.466 e. The van der Waals surface area contributed by atoms with Gasteiger partial charge < -0.3 is 20.3 Å². The Morgan fingerprint density at radius 2 is 0.701 bits per heavy atom. The second-order valence-corrected chi connectivity index (χ2v) is 20.7. The minimum atomic E-state index is -0.849. The molecular weight excluding hydrogens is 827 g/mol. The predicted molar refractivity (Wildman–Crippen MR) is 292 cm³/mol. The third kappa shape index (κ3) is 53.5. The highest BCUT2D eigenvalue weighted by Gasteiger charge is 2.18. The molecule has 2 atom stereocenters. The first kappa shape index (κ1) is 65.3. The molecule has 6 nitrogen and oxygen atoms in total. The molecule has 0 saturated heterocycles. The largest absolute Gasteiger partial charge is 0.466 e. The van der Waals surface area contributed by atoms with E-state index in [0.29, 0.717) is 19.4 Å². The fourth-order valence-electron chi connectivity index (χ4n) is 9.34. The highest BCUT2D eigenvalue weighted by molar-refractivity contribution is 5.76. The maximum atomic E-state index is 12.5. The van der Waals surface area contributed by atoms with Crippen LogP contribution in [0.25, 0.3) is 0 Å². The number of ether oxygens (including phenoxy) is 1. The number of carbonyl (C=O) groups is 2. The van der Waals surface area contributed by atoms with Crippen molar-refractivity contribution in [3.8, 4) is 0 Å². The number of esters is 1. The molecule has 67 heavy (non-hydrogen) atoms. The van der Waals surface area contributed by atoms with Gasteiger partial charge in [0.05, 0.1) is 25.4 Å². The molecule has 0 heterocycles. The number of aliphatic hydroxyl groups excluding tert-OH is 2. The Bertz CT molecular complexity index is 1040. The molecule has 3 N–H and O–H groups in total. The third-order valence-electron chi connectivity index (χ3n) is 14.0. The first-order valence-corrected chi connectivity index (χ1v) is 30.1. The highest BCUT2D eigenvalue weighted by atomic mass is 16.5. The van der Waals surface area contributed by atoms with Gasteiger partial charge in [-0.25, -0.2) is 0 Å². The quantitative estimate of drug-likeness (QED) is 0.0321. The number of hydrogen-bond acceptors (Lipinski definition) is 5. The van der Waals surface area contributed by atoms with Gasteiger partial charge >= 0.3 is 5.97 Å². The zero-order valence-corrected chi connectivity index (χ0v) is 45.1. The van der Waals surface area contributed by atoms with E-state index in [9.17, 15) is 19.8 Å². The van der Waals surface area contributed by atoms with E-state index in [-0.39, 0.29) is 18.5 Å². The molecule has 0 fully saturated rings. The maximum Gasteiger partial charge on any atom is 0.305 e. The lowest BCUT2D eigenvalue weighted by molar-refractivity contribution is -0.143. The van der Waals surface area contributed by atoms with Crippen molar-refractivity contribution in [3.05, 3.63) is 24.3 Å². The second-order valence-electron chi connectivity index (χ2n) is 20.7. The van der Waals surface area contributed by atoms with Gasteiger partial charge in [-0.2, -0.15) is 0 Å². The molecule has 0 aliphatic rings. The fourth-order valence-corrected chi connectivity index (χ4v) is 9.34. The molecule has 0 aromatic carbocycles. The van der Waals surface area contributed by atoms with Gasteiger partial charge in [-0.1, -0.05) is 282 Å². The standard InChI is InChI=1S/C61H117NO5/c1-3-5-7-9-11-13-15-17-19-26-29-33-37-41-45-49-53-59(64)58(57-63)62-60(65)54-50-46-42-38-34-30-27-24-22-20-21-23-25-28-32-36-40-44-48-52-56-67-61(66)55-51-47-43-39-35-31-18-16-14-12-10-8-6-4-2/h20,22,49,53,58-59,63-64H,3-19,21,23-48,50-52,54-57H2,1-2H3,(H,62,65)/b22-20-,53-49+. The molecule has 0 aliphatic carbocycles. The van der Waals surface area contributed by atoms with Crippen molar-refractivity contribution in [1.29, 1.82) is 0 Å². The summed E-state index contributed by atoms with van der Waals surface area (Å²) in [5.74, 6) is -0.0668. The van der Waals surface area contributed by atoms with E-state index in [1.807, 2.05) is 6.08 Å². The average molecular weight is 945 g/mol. The summed E-state index contributed by atoms with van der Waals surface area (Å²) in [6.45, 7) is 4.91. The van der Waals surface area contributed by atoms with E-state index in [1.54, 1.807) is 6.08 Å². The van der Waals surface area contributed by atoms with Crippen molar-refractivity contribution in [2.45, 2.75) is 341 Å². The summed E-state index contributed by atoms with van der Waals surface area (Å²) >= 11 is 0. The minimum absolute atomic E-state index is 0.00803. The fraction of sp³-hybridized carbons (Fsp3) is 0.902.